The molecule has 0 radical (unpaired) electrons. The number of hydrazone groups is 1. The second kappa shape index (κ2) is 8.73. The molecule has 0 aliphatic rings. The number of ether oxygens (including phenoxy) is 1. The number of anilines is 1. The molecule has 0 atom stereocenters. The third-order valence-electron chi connectivity index (χ3n) is 2.77. The molecule has 1 N–H and O–H groups in total. The summed E-state index contributed by atoms with van der Waals surface area (Å²) in [5, 5.41) is 6.84. The van der Waals surface area contributed by atoms with Crippen LogP contribution in [0, 0.1) is 5.82 Å². The van der Waals surface area contributed by atoms with Crippen LogP contribution in [0.25, 0.3) is 0 Å². The summed E-state index contributed by atoms with van der Waals surface area (Å²) in [4.78, 5) is 15.6. The van der Waals surface area contributed by atoms with Gasteiger partial charge in [-0.15, -0.1) is 11.3 Å². The van der Waals surface area contributed by atoms with E-state index in [0.29, 0.717) is 28.3 Å². The van der Waals surface area contributed by atoms with Crippen molar-refractivity contribution >= 4 is 44.6 Å². The Balaban J connectivity index is 1.93. The number of nitrogens with one attached hydrogen (secondary N) is 1. The van der Waals surface area contributed by atoms with Crippen molar-refractivity contribution in [3.05, 3.63) is 46.2 Å². The summed E-state index contributed by atoms with van der Waals surface area (Å²) >= 11 is 4.59. The summed E-state index contributed by atoms with van der Waals surface area (Å²) in [7, 11) is 0. The Morgan fingerprint density at radius 3 is 3.09 bits per heavy atom. The number of thiazole rings is 1. The van der Waals surface area contributed by atoms with Crippen molar-refractivity contribution in [3.63, 3.8) is 0 Å². The summed E-state index contributed by atoms with van der Waals surface area (Å²) in [6.45, 7) is 2.10. The molecule has 0 saturated carbocycles. The average molecular weight is 400 g/mol. The largest absolute Gasteiger partial charge is 0.466 e. The van der Waals surface area contributed by atoms with E-state index in [1.807, 2.05) is 6.07 Å². The van der Waals surface area contributed by atoms with E-state index in [9.17, 15) is 9.18 Å². The van der Waals surface area contributed by atoms with Crippen molar-refractivity contribution in [3.8, 4) is 0 Å². The normalized spacial score (nSPS) is 10.9. The van der Waals surface area contributed by atoms with Crippen molar-refractivity contribution in [2.45, 2.75) is 18.7 Å². The molecule has 0 saturated heterocycles. The highest BCUT2D eigenvalue weighted by atomic mass is 79.9. The molecule has 1 heterocycles. The molecule has 23 heavy (non-hydrogen) atoms. The predicted molar refractivity (Wildman–Crippen MR) is 92.7 cm³/mol. The molecular weight excluding hydrogens is 385 g/mol. The molecule has 0 aliphatic carbocycles. The van der Waals surface area contributed by atoms with E-state index >= 15 is 0 Å². The van der Waals surface area contributed by atoms with Gasteiger partial charge in [-0.25, -0.2) is 9.37 Å². The lowest BCUT2D eigenvalue weighted by molar-refractivity contribution is -0.142. The average Bonchev–Trinajstić information content (AvgIpc) is 2.96. The summed E-state index contributed by atoms with van der Waals surface area (Å²) in [6.07, 6.45) is 1.51. The number of benzene rings is 1. The van der Waals surface area contributed by atoms with Crippen LogP contribution >= 0.6 is 27.3 Å². The van der Waals surface area contributed by atoms with E-state index < -0.39 is 0 Å². The van der Waals surface area contributed by atoms with Crippen LogP contribution in [0.5, 0.6) is 0 Å². The maximum atomic E-state index is 13.8. The lowest BCUT2D eigenvalue weighted by Crippen LogP contribution is -2.07. The smallest absolute Gasteiger partial charge is 0.311 e. The Morgan fingerprint density at radius 2 is 2.39 bits per heavy atom. The molecule has 1 aromatic carbocycles. The topological polar surface area (TPSA) is 63.6 Å². The summed E-state index contributed by atoms with van der Waals surface area (Å²) in [6, 6.07) is 4.93. The highest BCUT2D eigenvalue weighted by Crippen LogP contribution is 2.16. The van der Waals surface area contributed by atoms with Crippen molar-refractivity contribution in [1.82, 2.24) is 4.98 Å². The minimum absolute atomic E-state index is 0.123. The molecule has 0 bridgehead atoms. The minimum atomic E-state index is -0.338. The van der Waals surface area contributed by atoms with Crippen LogP contribution in [0.2, 0.25) is 0 Å². The van der Waals surface area contributed by atoms with E-state index in [2.05, 4.69) is 31.4 Å². The molecular formula is C15H15BrFN3O2S. The standard InChI is InChI=1S/C15H15BrFN3O2S/c1-2-22-14(21)6-12-9-23-15(19-12)20-18-8-11-4-3-10(7-16)5-13(11)17/h3-5,8-9H,2,6-7H2,1H3,(H,19,20). The first-order valence-electron chi connectivity index (χ1n) is 6.86. The number of nitrogens with zero attached hydrogens (tertiary/aromatic N) is 2. The zero-order chi connectivity index (χ0) is 16.7. The number of alkyl halides is 1. The van der Waals surface area contributed by atoms with Gasteiger partial charge in [-0.1, -0.05) is 28.1 Å². The predicted octanol–water partition coefficient (Wildman–Crippen LogP) is 3.73. The van der Waals surface area contributed by atoms with Gasteiger partial charge in [0, 0.05) is 16.3 Å². The second-order valence-electron chi connectivity index (χ2n) is 4.49. The number of hydrogen-bond donors (Lipinski definition) is 1. The SMILES string of the molecule is CCOC(=O)Cc1csc(NN=Cc2ccc(CBr)cc2F)n1. The van der Waals surface area contributed by atoms with Crippen molar-refractivity contribution < 1.29 is 13.9 Å². The lowest BCUT2D eigenvalue weighted by atomic mass is 10.1. The molecule has 122 valence electrons. The number of esters is 1. The van der Waals surface area contributed by atoms with Gasteiger partial charge in [0.2, 0.25) is 5.13 Å². The van der Waals surface area contributed by atoms with Crippen LogP contribution in [-0.2, 0) is 21.3 Å². The first kappa shape index (κ1) is 17.6. The molecule has 0 spiro atoms. The number of carbonyl (C=O) groups is 1. The highest BCUT2D eigenvalue weighted by Gasteiger charge is 2.08. The fourth-order valence-electron chi connectivity index (χ4n) is 1.71. The molecule has 0 aliphatic heterocycles. The van der Waals surface area contributed by atoms with Crippen LogP contribution in [0.3, 0.4) is 0 Å². The van der Waals surface area contributed by atoms with E-state index in [1.54, 1.807) is 18.4 Å². The third kappa shape index (κ3) is 5.40. The first-order valence-corrected chi connectivity index (χ1v) is 8.86. The summed E-state index contributed by atoms with van der Waals surface area (Å²) < 4.78 is 18.6. The van der Waals surface area contributed by atoms with Crippen LogP contribution in [0.4, 0.5) is 9.52 Å². The van der Waals surface area contributed by atoms with Crippen molar-refractivity contribution in [2.75, 3.05) is 12.0 Å². The third-order valence-corrected chi connectivity index (χ3v) is 4.21. The molecule has 2 aromatic rings. The van der Waals surface area contributed by atoms with Gasteiger partial charge in [-0.05, 0) is 18.6 Å². The van der Waals surface area contributed by atoms with Crippen LogP contribution in [0.15, 0.2) is 28.7 Å². The summed E-state index contributed by atoms with van der Waals surface area (Å²) in [5.41, 5.74) is 4.57. The van der Waals surface area contributed by atoms with Gasteiger partial charge in [-0.2, -0.15) is 5.10 Å². The number of hydrogen-bond acceptors (Lipinski definition) is 6. The molecule has 2 rings (SSSR count). The van der Waals surface area contributed by atoms with Crippen LogP contribution < -0.4 is 5.43 Å². The molecule has 0 amide bonds. The monoisotopic (exact) mass is 399 g/mol. The van der Waals surface area contributed by atoms with Gasteiger partial charge in [0.25, 0.3) is 0 Å². The Morgan fingerprint density at radius 1 is 1.57 bits per heavy atom. The molecule has 0 unspecified atom stereocenters. The molecule has 1 aromatic heterocycles. The van der Waals surface area contributed by atoms with E-state index in [4.69, 9.17) is 4.74 Å². The van der Waals surface area contributed by atoms with Gasteiger partial charge < -0.3 is 4.74 Å². The van der Waals surface area contributed by atoms with Gasteiger partial charge >= 0.3 is 5.97 Å². The molecule has 5 nitrogen and oxygen atoms in total. The fourth-order valence-corrected chi connectivity index (χ4v) is 2.72. The Bertz CT molecular complexity index is 706. The van der Waals surface area contributed by atoms with Crippen molar-refractivity contribution in [2.24, 2.45) is 5.10 Å². The van der Waals surface area contributed by atoms with Gasteiger partial charge in [0.15, 0.2) is 0 Å². The van der Waals surface area contributed by atoms with Crippen molar-refractivity contribution in [1.29, 1.82) is 0 Å². The molecule has 8 heteroatoms. The quantitative estimate of drug-likeness (QED) is 0.333. The van der Waals surface area contributed by atoms with Crippen LogP contribution in [-0.4, -0.2) is 23.8 Å². The Labute approximate surface area is 145 Å². The number of carbonyl (C=O) groups excluding carboxylic acids is 1. The minimum Gasteiger partial charge on any atom is -0.466 e. The van der Waals surface area contributed by atoms with Gasteiger partial charge in [0.1, 0.15) is 5.82 Å². The maximum Gasteiger partial charge on any atom is 0.311 e. The summed E-state index contributed by atoms with van der Waals surface area (Å²) in [5.74, 6) is -0.656. The lowest BCUT2D eigenvalue weighted by Gasteiger charge is -2.00. The first-order chi connectivity index (χ1) is 11.1. The van der Waals surface area contributed by atoms with E-state index in [0.717, 1.165) is 5.56 Å². The zero-order valence-corrected chi connectivity index (χ0v) is 14.8. The van der Waals surface area contributed by atoms with Gasteiger partial charge in [-0.3, -0.25) is 10.2 Å². The van der Waals surface area contributed by atoms with E-state index in [-0.39, 0.29) is 18.2 Å². The number of aromatic nitrogens is 1. The van der Waals surface area contributed by atoms with Gasteiger partial charge in [0.05, 0.1) is 24.9 Å². The Kier molecular flexibility index (Phi) is 6.66. The van der Waals surface area contributed by atoms with Crippen LogP contribution in [0.1, 0.15) is 23.7 Å². The highest BCUT2D eigenvalue weighted by molar-refractivity contribution is 9.08. The number of halogens is 2. The Hall–Kier alpha value is -1.80. The number of rotatable bonds is 7. The molecule has 0 fully saturated rings. The second-order valence-corrected chi connectivity index (χ2v) is 5.90. The fraction of sp³-hybridized carbons (Fsp3) is 0.267. The zero-order valence-electron chi connectivity index (χ0n) is 12.4. The maximum absolute atomic E-state index is 13.8. The van der Waals surface area contributed by atoms with E-state index in [1.165, 1.54) is 23.6 Å².